The Bertz CT molecular complexity index is 1530. The number of ketones is 1. The van der Waals surface area contributed by atoms with Crippen molar-refractivity contribution in [2.24, 2.45) is 56.7 Å². The lowest BCUT2D eigenvalue weighted by atomic mass is 9.36. The minimum absolute atomic E-state index is 0.0950. The third kappa shape index (κ3) is 6.42. The lowest BCUT2D eigenvalue weighted by Crippen LogP contribution is -2.63. The summed E-state index contributed by atoms with van der Waals surface area (Å²) in [7, 11) is 0. The first kappa shape index (κ1) is 38.2. The van der Waals surface area contributed by atoms with Crippen molar-refractivity contribution < 1.29 is 29.3 Å². The van der Waals surface area contributed by atoms with Crippen molar-refractivity contribution in [2.75, 3.05) is 13.1 Å². The molecule has 0 radical (unpaired) electrons. The summed E-state index contributed by atoms with van der Waals surface area (Å²) in [6.45, 7) is 18.3. The van der Waals surface area contributed by atoms with E-state index in [1.165, 1.54) is 11.1 Å². The molecule has 8 heteroatoms. The van der Waals surface area contributed by atoms with Crippen LogP contribution in [0.15, 0.2) is 35.7 Å². The number of aromatic nitrogens is 1. The number of hydrogen-bond donors (Lipinski definition) is 3. The molecule has 5 aliphatic carbocycles. The van der Waals surface area contributed by atoms with Gasteiger partial charge in [-0.3, -0.25) is 19.4 Å². The van der Waals surface area contributed by atoms with Gasteiger partial charge in [0.2, 0.25) is 0 Å². The number of nitrogens with zero attached hydrogens (tertiary/aromatic N) is 1. The van der Waals surface area contributed by atoms with E-state index in [0.717, 1.165) is 69.9 Å². The molecule has 8 nitrogen and oxygen atoms in total. The predicted octanol–water partition coefficient (Wildman–Crippen LogP) is 7.58. The molecule has 9 atom stereocenters. The molecular formula is C43H64N2O6. The molecule has 3 N–H and O–H groups in total. The van der Waals surface area contributed by atoms with Crippen molar-refractivity contribution in [3.63, 3.8) is 0 Å². The predicted molar refractivity (Wildman–Crippen MR) is 198 cm³/mol. The molecule has 0 bridgehead atoms. The number of aliphatic hydroxyl groups excluding tert-OH is 1. The van der Waals surface area contributed by atoms with E-state index in [4.69, 9.17) is 4.74 Å². The number of pyridine rings is 1. The second kappa shape index (κ2) is 13.7. The smallest absolute Gasteiger partial charge is 0.309 e. The number of carbonyl (C=O) groups excluding carboxylic acids is 2. The van der Waals surface area contributed by atoms with Crippen molar-refractivity contribution in [2.45, 2.75) is 138 Å². The first-order chi connectivity index (χ1) is 23.9. The topological polar surface area (TPSA) is 126 Å². The van der Waals surface area contributed by atoms with E-state index < -0.39 is 28.9 Å². The highest BCUT2D eigenvalue weighted by molar-refractivity contribution is 6.00. The van der Waals surface area contributed by atoms with Crippen LogP contribution in [0.1, 0.15) is 125 Å². The molecular weight excluding hydrogens is 640 g/mol. The van der Waals surface area contributed by atoms with E-state index >= 15 is 0 Å². The number of hydrogen-bond acceptors (Lipinski definition) is 7. The Labute approximate surface area is 306 Å². The van der Waals surface area contributed by atoms with Crippen molar-refractivity contribution in [1.29, 1.82) is 0 Å². The average Bonchev–Trinajstić information content (AvgIpc) is 3.38. The SMILES string of the molecule is CC(C)C1=C2C3CCC4C(C)(CCC5C(C)(C)C(OC(=O)CC(C)(C)C(=O)O)CCC54C)C3CCC2(C(O)CNCCc2cccnc2)CC1=O. The minimum atomic E-state index is -1.16. The van der Waals surface area contributed by atoms with Crippen LogP contribution in [0.5, 0.6) is 0 Å². The van der Waals surface area contributed by atoms with E-state index in [-0.39, 0.29) is 40.5 Å². The Morgan fingerprint density at radius 3 is 2.41 bits per heavy atom. The van der Waals surface area contributed by atoms with Gasteiger partial charge in [0.05, 0.1) is 17.9 Å². The number of aliphatic hydroxyl groups is 1. The Kier molecular flexibility index (Phi) is 10.2. The highest BCUT2D eigenvalue weighted by Gasteiger charge is 2.67. The van der Waals surface area contributed by atoms with E-state index in [9.17, 15) is 24.6 Å². The van der Waals surface area contributed by atoms with Crippen LogP contribution in [0.4, 0.5) is 0 Å². The van der Waals surface area contributed by atoms with Crippen molar-refractivity contribution in [3.05, 3.63) is 41.2 Å². The van der Waals surface area contributed by atoms with Crippen LogP contribution in [0.25, 0.3) is 0 Å². The molecule has 0 spiro atoms. The Morgan fingerprint density at radius 2 is 1.75 bits per heavy atom. The first-order valence-electron chi connectivity index (χ1n) is 19.9. The lowest BCUT2D eigenvalue weighted by Gasteiger charge is -2.69. The quantitative estimate of drug-likeness (QED) is 0.159. The number of ether oxygens (including phenoxy) is 1. The molecule has 1 aromatic rings. The molecule has 1 aromatic heterocycles. The van der Waals surface area contributed by atoms with Gasteiger partial charge in [-0.05, 0) is 136 Å². The zero-order valence-corrected chi connectivity index (χ0v) is 32.5. The highest BCUT2D eigenvalue weighted by atomic mass is 16.5. The number of esters is 1. The van der Waals surface area contributed by atoms with Crippen LogP contribution < -0.4 is 5.32 Å². The van der Waals surface area contributed by atoms with E-state index in [2.05, 4.69) is 57.9 Å². The Morgan fingerprint density at radius 1 is 1.02 bits per heavy atom. The number of carboxylic acid groups (broad SMARTS) is 1. The summed E-state index contributed by atoms with van der Waals surface area (Å²) in [6.07, 6.45) is 12.0. The molecule has 0 saturated heterocycles. The van der Waals surface area contributed by atoms with E-state index in [1.54, 1.807) is 20.0 Å². The van der Waals surface area contributed by atoms with Gasteiger partial charge < -0.3 is 20.3 Å². The second-order valence-electron chi connectivity index (χ2n) is 19.3. The summed E-state index contributed by atoms with van der Waals surface area (Å²) in [5.41, 5.74) is 1.84. The maximum atomic E-state index is 13.9. The van der Waals surface area contributed by atoms with Crippen molar-refractivity contribution in [3.8, 4) is 0 Å². The van der Waals surface area contributed by atoms with Crippen LogP contribution in [-0.4, -0.2) is 58.2 Å². The lowest BCUT2D eigenvalue weighted by molar-refractivity contribution is -0.214. The van der Waals surface area contributed by atoms with E-state index in [0.29, 0.717) is 36.6 Å². The number of fused-ring (bicyclic) bond motifs is 7. The fraction of sp³-hybridized carbons (Fsp3) is 0.767. The largest absolute Gasteiger partial charge is 0.481 e. The van der Waals surface area contributed by atoms with Gasteiger partial charge >= 0.3 is 11.9 Å². The molecule has 5 aliphatic rings. The minimum Gasteiger partial charge on any atom is -0.481 e. The summed E-state index contributed by atoms with van der Waals surface area (Å²) < 4.78 is 6.14. The van der Waals surface area contributed by atoms with Crippen LogP contribution >= 0.6 is 0 Å². The van der Waals surface area contributed by atoms with Crippen LogP contribution in [0.3, 0.4) is 0 Å². The molecule has 1 heterocycles. The van der Waals surface area contributed by atoms with Gasteiger partial charge in [-0.15, -0.1) is 0 Å². The van der Waals surface area contributed by atoms with Crippen LogP contribution in [-0.2, 0) is 25.5 Å². The standard InChI is InChI=1S/C43H64N2O6/c1-26(2)36-30(46)22-43(33(47)25-45-21-16-27-10-9-20-44-24-27)19-13-29-28(37(36)43)11-12-32-41(29,7)17-14-31-40(5,6)34(15-18-42(31,32)8)51-35(48)23-39(3,4)38(49)50/h9-10,20,24,26,28-29,31-34,45,47H,11-19,21-23,25H2,1-8H3,(H,49,50). The molecule has 0 aliphatic heterocycles. The third-order valence-electron chi connectivity index (χ3n) is 15.3. The van der Waals surface area contributed by atoms with Gasteiger partial charge in [0, 0.05) is 36.2 Å². The number of rotatable bonds is 11. The number of nitrogens with one attached hydrogen (secondary N) is 1. The van der Waals surface area contributed by atoms with Gasteiger partial charge in [-0.2, -0.15) is 0 Å². The monoisotopic (exact) mass is 704 g/mol. The Hall–Kier alpha value is -2.58. The number of Topliss-reactive ketones (excluding diaryl/α,β-unsaturated/α-hetero) is 1. The maximum Gasteiger partial charge on any atom is 0.309 e. The van der Waals surface area contributed by atoms with Gasteiger partial charge in [-0.1, -0.05) is 53.2 Å². The zero-order valence-electron chi connectivity index (χ0n) is 32.5. The molecule has 9 unspecified atom stereocenters. The van der Waals surface area contributed by atoms with Gasteiger partial charge in [0.1, 0.15) is 6.10 Å². The van der Waals surface area contributed by atoms with Crippen molar-refractivity contribution >= 4 is 17.7 Å². The summed E-state index contributed by atoms with van der Waals surface area (Å²) in [5, 5.41) is 25.2. The second-order valence-corrected chi connectivity index (χ2v) is 19.3. The molecule has 6 rings (SSSR count). The molecule has 4 saturated carbocycles. The fourth-order valence-electron chi connectivity index (χ4n) is 12.8. The van der Waals surface area contributed by atoms with Gasteiger partial charge in [-0.25, -0.2) is 0 Å². The highest BCUT2D eigenvalue weighted by Crippen LogP contribution is 2.73. The van der Waals surface area contributed by atoms with Gasteiger partial charge in [0.15, 0.2) is 5.78 Å². The Balaban J connectivity index is 1.21. The number of allylic oxidation sites excluding steroid dienone is 1. The molecule has 0 aromatic carbocycles. The molecule has 0 amide bonds. The fourth-order valence-corrected chi connectivity index (χ4v) is 12.8. The maximum absolute atomic E-state index is 13.9. The first-order valence-corrected chi connectivity index (χ1v) is 19.9. The van der Waals surface area contributed by atoms with Crippen LogP contribution in [0, 0.1) is 56.7 Å². The summed E-state index contributed by atoms with van der Waals surface area (Å²) in [5.74, 6) is 0.687. The van der Waals surface area contributed by atoms with E-state index in [1.807, 2.05) is 12.3 Å². The number of carbonyl (C=O) groups is 3. The number of carboxylic acids is 1. The molecule has 4 fully saturated rings. The summed E-state index contributed by atoms with van der Waals surface area (Å²) in [6, 6.07) is 4.03. The van der Waals surface area contributed by atoms with Crippen LogP contribution in [0.2, 0.25) is 0 Å². The number of aliphatic carboxylic acids is 1. The third-order valence-corrected chi connectivity index (χ3v) is 15.3. The van der Waals surface area contributed by atoms with Gasteiger partial charge in [0.25, 0.3) is 0 Å². The normalized spacial score (nSPS) is 36.5. The molecule has 282 valence electrons. The molecule has 51 heavy (non-hydrogen) atoms. The summed E-state index contributed by atoms with van der Waals surface area (Å²) in [4.78, 5) is 42.9. The van der Waals surface area contributed by atoms with Crippen molar-refractivity contribution in [1.82, 2.24) is 10.3 Å². The average molecular weight is 705 g/mol. The summed E-state index contributed by atoms with van der Waals surface area (Å²) >= 11 is 0. The zero-order chi connectivity index (χ0) is 37.1.